The number of anilines is 2. The third-order valence-corrected chi connectivity index (χ3v) is 3.72. The number of aromatic nitrogens is 1. The van der Waals surface area contributed by atoms with Crippen LogP contribution in [0.1, 0.15) is 11.3 Å². The van der Waals surface area contributed by atoms with Crippen molar-refractivity contribution in [2.75, 3.05) is 24.9 Å². The minimum Gasteiger partial charge on any atom is -0.495 e. The van der Waals surface area contributed by atoms with Gasteiger partial charge in [0.2, 0.25) is 5.91 Å². The van der Waals surface area contributed by atoms with Crippen LogP contribution in [0.2, 0.25) is 0 Å². The minimum atomic E-state index is -0.597. The number of methoxy groups -OCH3 is 2. The molecule has 1 aromatic heterocycles. The lowest BCUT2D eigenvalue weighted by Crippen LogP contribution is -2.15. The summed E-state index contributed by atoms with van der Waals surface area (Å²) >= 11 is 1.22. The Kier molecular flexibility index (Phi) is 5.53. The van der Waals surface area contributed by atoms with Crippen LogP contribution in [-0.2, 0) is 16.0 Å². The third-order valence-electron chi connectivity index (χ3n) is 2.92. The number of hydrogen-bond donors (Lipinski definition) is 2. The first kappa shape index (κ1) is 16.8. The van der Waals surface area contributed by atoms with Crippen LogP contribution in [-0.4, -0.2) is 31.2 Å². The summed E-state index contributed by atoms with van der Waals surface area (Å²) in [5, 5.41) is 7.34. The van der Waals surface area contributed by atoms with Gasteiger partial charge < -0.3 is 14.8 Å². The summed E-state index contributed by atoms with van der Waals surface area (Å²) < 4.78 is 9.71. The van der Waals surface area contributed by atoms with E-state index in [9.17, 15) is 9.59 Å². The number of nitrogens with one attached hydrogen (secondary N) is 2. The summed E-state index contributed by atoms with van der Waals surface area (Å²) in [7, 11) is 2.82. The van der Waals surface area contributed by atoms with E-state index in [2.05, 4.69) is 20.4 Å². The van der Waals surface area contributed by atoms with Crippen molar-refractivity contribution in [2.45, 2.75) is 13.3 Å². The van der Waals surface area contributed by atoms with Crippen LogP contribution in [0.25, 0.3) is 0 Å². The lowest BCUT2D eigenvalue weighted by molar-refractivity contribution is -0.115. The average Bonchev–Trinajstić information content (AvgIpc) is 2.94. The van der Waals surface area contributed by atoms with Gasteiger partial charge in [-0.1, -0.05) is 6.07 Å². The van der Waals surface area contributed by atoms with Crippen molar-refractivity contribution in [2.24, 2.45) is 0 Å². The normalized spacial score (nSPS) is 10.0. The molecule has 1 aromatic carbocycles. The van der Waals surface area contributed by atoms with Gasteiger partial charge in [0.1, 0.15) is 5.75 Å². The smallest absolute Gasteiger partial charge is 0.413 e. The number of nitrogens with zero attached hydrogens (tertiary/aromatic N) is 1. The van der Waals surface area contributed by atoms with Gasteiger partial charge in [-0.25, -0.2) is 9.78 Å². The van der Waals surface area contributed by atoms with E-state index in [4.69, 9.17) is 4.74 Å². The van der Waals surface area contributed by atoms with Gasteiger partial charge >= 0.3 is 6.09 Å². The van der Waals surface area contributed by atoms with E-state index in [1.165, 1.54) is 18.4 Å². The SMILES string of the molecule is COC(=O)Nc1nc(CC(=O)Nc2cc(C)ccc2OC)cs1. The zero-order chi connectivity index (χ0) is 16.8. The first-order valence-corrected chi connectivity index (χ1v) is 7.63. The van der Waals surface area contributed by atoms with Crippen LogP contribution in [0.5, 0.6) is 5.75 Å². The lowest BCUT2D eigenvalue weighted by atomic mass is 10.2. The molecule has 7 nitrogen and oxygen atoms in total. The Hall–Kier alpha value is -2.61. The Balaban J connectivity index is 2.00. The van der Waals surface area contributed by atoms with E-state index in [1.807, 2.05) is 19.1 Å². The predicted octanol–water partition coefficient (Wildman–Crippen LogP) is 2.82. The summed E-state index contributed by atoms with van der Waals surface area (Å²) in [5.74, 6) is 0.374. The Labute approximate surface area is 137 Å². The molecule has 0 bridgehead atoms. The minimum absolute atomic E-state index is 0.0937. The molecule has 0 spiro atoms. The number of aryl methyl sites for hydroxylation is 1. The lowest BCUT2D eigenvalue weighted by Gasteiger charge is -2.10. The molecule has 0 aliphatic carbocycles. The highest BCUT2D eigenvalue weighted by Gasteiger charge is 2.12. The molecule has 1 heterocycles. The fourth-order valence-corrected chi connectivity index (χ4v) is 2.56. The second-order valence-corrected chi connectivity index (χ2v) is 5.55. The number of hydrogen-bond acceptors (Lipinski definition) is 6. The molecule has 0 fully saturated rings. The van der Waals surface area contributed by atoms with Gasteiger partial charge in [-0.3, -0.25) is 10.1 Å². The monoisotopic (exact) mass is 335 g/mol. The first-order chi connectivity index (χ1) is 11.0. The van der Waals surface area contributed by atoms with Crippen LogP contribution >= 0.6 is 11.3 Å². The molecule has 0 radical (unpaired) electrons. The van der Waals surface area contributed by atoms with Crippen LogP contribution in [0.15, 0.2) is 23.6 Å². The number of amides is 2. The number of ether oxygens (including phenoxy) is 2. The number of rotatable bonds is 5. The van der Waals surface area contributed by atoms with Crippen molar-refractivity contribution in [3.8, 4) is 5.75 Å². The molecule has 0 saturated carbocycles. The Morgan fingerprint density at radius 3 is 2.74 bits per heavy atom. The van der Waals surface area contributed by atoms with E-state index < -0.39 is 6.09 Å². The molecule has 8 heteroatoms. The summed E-state index contributed by atoms with van der Waals surface area (Å²) in [5.41, 5.74) is 2.19. The standard InChI is InChI=1S/C15H17N3O4S/c1-9-4-5-12(21-2)11(6-9)17-13(19)7-10-8-23-14(16-10)18-15(20)22-3/h4-6,8H,7H2,1-3H3,(H,17,19)(H,16,18,20). The molecule has 2 amide bonds. The molecule has 0 aliphatic heterocycles. The van der Waals surface area contributed by atoms with Gasteiger partial charge in [0, 0.05) is 5.38 Å². The highest BCUT2D eigenvalue weighted by molar-refractivity contribution is 7.13. The zero-order valence-corrected chi connectivity index (χ0v) is 13.8. The quantitative estimate of drug-likeness (QED) is 0.877. The van der Waals surface area contributed by atoms with Crippen LogP contribution in [0.4, 0.5) is 15.6 Å². The largest absolute Gasteiger partial charge is 0.495 e. The van der Waals surface area contributed by atoms with E-state index in [-0.39, 0.29) is 12.3 Å². The van der Waals surface area contributed by atoms with Crippen molar-refractivity contribution in [3.05, 3.63) is 34.8 Å². The fraction of sp³-hybridized carbons (Fsp3) is 0.267. The summed E-state index contributed by atoms with van der Waals surface area (Å²) in [4.78, 5) is 27.4. The molecule has 0 saturated heterocycles. The maximum atomic E-state index is 12.1. The molecular formula is C15H17N3O4S. The Bertz CT molecular complexity index is 714. The average molecular weight is 335 g/mol. The van der Waals surface area contributed by atoms with Crippen molar-refractivity contribution in [1.29, 1.82) is 0 Å². The maximum absolute atomic E-state index is 12.1. The molecule has 0 aliphatic rings. The van der Waals surface area contributed by atoms with Crippen LogP contribution < -0.4 is 15.4 Å². The van der Waals surface area contributed by atoms with Crippen molar-refractivity contribution in [1.82, 2.24) is 4.98 Å². The van der Waals surface area contributed by atoms with Gasteiger partial charge in [-0.2, -0.15) is 0 Å². The molecule has 2 aromatic rings. The second-order valence-electron chi connectivity index (χ2n) is 4.69. The van der Waals surface area contributed by atoms with E-state index in [0.29, 0.717) is 22.3 Å². The summed E-state index contributed by atoms with van der Waals surface area (Å²) in [6.07, 6.45) is -0.504. The second kappa shape index (κ2) is 7.59. The third kappa shape index (κ3) is 4.68. The van der Waals surface area contributed by atoms with E-state index in [1.54, 1.807) is 18.6 Å². The van der Waals surface area contributed by atoms with Crippen LogP contribution in [0.3, 0.4) is 0 Å². The predicted molar refractivity (Wildman–Crippen MR) is 88.2 cm³/mol. The van der Waals surface area contributed by atoms with E-state index in [0.717, 1.165) is 5.56 Å². The van der Waals surface area contributed by atoms with Gasteiger partial charge in [0.05, 0.1) is 32.0 Å². The molecule has 0 unspecified atom stereocenters. The molecule has 0 atom stereocenters. The fourth-order valence-electron chi connectivity index (χ4n) is 1.86. The number of benzene rings is 1. The maximum Gasteiger partial charge on any atom is 0.413 e. The number of carbonyl (C=O) groups is 2. The number of thiazole rings is 1. The van der Waals surface area contributed by atoms with E-state index >= 15 is 0 Å². The molecule has 2 rings (SSSR count). The van der Waals surface area contributed by atoms with Gasteiger partial charge in [0.15, 0.2) is 5.13 Å². The van der Waals surface area contributed by atoms with Gasteiger partial charge in [-0.05, 0) is 24.6 Å². The molecule has 23 heavy (non-hydrogen) atoms. The molecular weight excluding hydrogens is 318 g/mol. The van der Waals surface area contributed by atoms with Gasteiger partial charge in [0.25, 0.3) is 0 Å². The van der Waals surface area contributed by atoms with Crippen LogP contribution in [0, 0.1) is 6.92 Å². The molecule has 122 valence electrons. The topological polar surface area (TPSA) is 89.5 Å². The van der Waals surface area contributed by atoms with Crippen molar-refractivity contribution in [3.63, 3.8) is 0 Å². The highest BCUT2D eigenvalue weighted by atomic mass is 32.1. The highest BCUT2D eigenvalue weighted by Crippen LogP contribution is 2.25. The summed E-state index contributed by atoms with van der Waals surface area (Å²) in [6, 6.07) is 5.54. The number of carbonyl (C=O) groups excluding carboxylic acids is 2. The Morgan fingerprint density at radius 1 is 1.26 bits per heavy atom. The van der Waals surface area contributed by atoms with Gasteiger partial charge in [-0.15, -0.1) is 11.3 Å². The Morgan fingerprint density at radius 2 is 2.04 bits per heavy atom. The molecule has 2 N–H and O–H groups in total. The van der Waals surface area contributed by atoms with Crippen molar-refractivity contribution >= 4 is 34.2 Å². The first-order valence-electron chi connectivity index (χ1n) is 6.75. The zero-order valence-electron chi connectivity index (χ0n) is 13.0. The van der Waals surface area contributed by atoms with Crippen molar-refractivity contribution < 1.29 is 19.1 Å². The summed E-state index contributed by atoms with van der Waals surface area (Å²) in [6.45, 7) is 1.93.